The first kappa shape index (κ1) is 18.3. The van der Waals surface area contributed by atoms with Crippen molar-refractivity contribution in [1.82, 2.24) is 4.98 Å². The third-order valence-electron chi connectivity index (χ3n) is 4.72. The lowest BCUT2D eigenvalue weighted by Crippen LogP contribution is -2.35. The Labute approximate surface area is 159 Å². The maximum atomic E-state index is 13.3. The van der Waals surface area contributed by atoms with E-state index >= 15 is 0 Å². The molecule has 0 fully saturated rings. The second-order valence-electron chi connectivity index (χ2n) is 6.73. The van der Waals surface area contributed by atoms with Crippen LogP contribution >= 0.6 is 0 Å². The van der Waals surface area contributed by atoms with Gasteiger partial charge in [-0.15, -0.1) is 13.2 Å². The van der Waals surface area contributed by atoms with Gasteiger partial charge in [0.25, 0.3) is 5.91 Å². The average molecular weight is 386 g/mol. The molecule has 144 valence electrons. The molecule has 0 unspecified atom stereocenters. The van der Waals surface area contributed by atoms with Crippen molar-refractivity contribution >= 4 is 22.5 Å². The van der Waals surface area contributed by atoms with E-state index < -0.39 is 6.36 Å². The molecule has 4 nitrogen and oxygen atoms in total. The second kappa shape index (κ2) is 6.82. The van der Waals surface area contributed by atoms with Crippen molar-refractivity contribution in [3.8, 4) is 5.75 Å². The molecule has 0 N–H and O–H groups in total. The summed E-state index contributed by atoms with van der Waals surface area (Å²) < 4.78 is 41.5. The van der Waals surface area contributed by atoms with Crippen molar-refractivity contribution in [2.24, 2.45) is 0 Å². The zero-order chi connectivity index (χ0) is 19.9. The Kier molecular flexibility index (Phi) is 4.45. The topological polar surface area (TPSA) is 42.4 Å². The standard InChI is InChI=1S/C21H17F3N2O2/c1-13-11-17(16-6-2-3-7-18(16)25-13)20(27)26-10-4-5-14-12-15(8-9-19(14)26)28-21(22,23)24/h2-3,6-9,11-12H,4-5,10H2,1H3. The van der Waals surface area contributed by atoms with E-state index in [1.807, 2.05) is 31.2 Å². The number of para-hydroxylation sites is 1. The number of nitrogens with zero attached hydrogens (tertiary/aromatic N) is 2. The number of aryl methyl sites for hydroxylation is 2. The number of carbonyl (C=O) groups is 1. The molecule has 28 heavy (non-hydrogen) atoms. The Morgan fingerprint density at radius 3 is 2.71 bits per heavy atom. The van der Waals surface area contributed by atoms with Crippen LogP contribution in [0.4, 0.5) is 18.9 Å². The molecule has 7 heteroatoms. The van der Waals surface area contributed by atoms with Crippen molar-refractivity contribution in [2.45, 2.75) is 26.1 Å². The number of halogens is 3. The largest absolute Gasteiger partial charge is 0.573 e. The first-order chi connectivity index (χ1) is 13.3. The molecule has 0 aliphatic carbocycles. The normalized spacial score (nSPS) is 14.1. The maximum Gasteiger partial charge on any atom is 0.573 e. The van der Waals surface area contributed by atoms with Gasteiger partial charge < -0.3 is 9.64 Å². The van der Waals surface area contributed by atoms with Gasteiger partial charge in [-0.05, 0) is 55.7 Å². The number of benzene rings is 2. The zero-order valence-electron chi connectivity index (χ0n) is 15.1. The van der Waals surface area contributed by atoms with E-state index in [4.69, 9.17) is 0 Å². The Morgan fingerprint density at radius 2 is 1.93 bits per heavy atom. The molecule has 2 heterocycles. The summed E-state index contributed by atoms with van der Waals surface area (Å²) in [6.07, 6.45) is -3.49. The molecular weight excluding hydrogens is 369 g/mol. The quantitative estimate of drug-likeness (QED) is 0.620. The van der Waals surface area contributed by atoms with Crippen LogP contribution in [0.2, 0.25) is 0 Å². The lowest BCUT2D eigenvalue weighted by molar-refractivity contribution is -0.274. The van der Waals surface area contributed by atoms with Gasteiger partial charge in [0.1, 0.15) is 5.75 Å². The van der Waals surface area contributed by atoms with Crippen LogP contribution in [0.15, 0.2) is 48.5 Å². The summed E-state index contributed by atoms with van der Waals surface area (Å²) in [6, 6.07) is 13.3. The molecule has 0 saturated carbocycles. The van der Waals surface area contributed by atoms with Crippen molar-refractivity contribution in [2.75, 3.05) is 11.4 Å². The van der Waals surface area contributed by atoms with Crippen LogP contribution in [0.5, 0.6) is 5.75 Å². The van der Waals surface area contributed by atoms with Gasteiger partial charge in [-0.2, -0.15) is 0 Å². The molecular formula is C21H17F3N2O2. The van der Waals surface area contributed by atoms with Crippen molar-refractivity contribution in [3.05, 3.63) is 65.4 Å². The first-order valence-electron chi connectivity index (χ1n) is 8.89. The SMILES string of the molecule is Cc1cc(C(=O)N2CCCc3cc(OC(F)(F)F)ccc32)c2ccccc2n1. The van der Waals surface area contributed by atoms with E-state index in [0.29, 0.717) is 36.2 Å². The van der Waals surface area contributed by atoms with Gasteiger partial charge in [0.05, 0.1) is 11.1 Å². The minimum absolute atomic E-state index is 0.188. The Bertz CT molecular complexity index is 1060. The van der Waals surface area contributed by atoms with Crippen LogP contribution in [0.3, 0.4) is 0 Å². The van der Waals surface area contributed by atoms with Gasteiger partial charge in [0.2, 0.25) is 0 Å². The van der Waals surface area contributed by atoms with Crippen LogP contribution in [0.1, 0.15) is 28.0 Å². The lowest BCUT2D eigenvalue weighted by Gasteiger charge is -2.30. The second-order valence-corrected chi connectivity index (χ2v) is 6.73. The van der Waals surface area contributed by atoms with Crippen LogP contribution < -0.4 is 9.64 Å². The molecule has 1 aromatic heterocycles. The summed E-state index contributed by atoms with van der Waals surface area (Å²) >= 11 is 0. The Balaban J connectivity index is 1.73. The highest BCUT2D eigenvalue weighted by Crippen LogP contribution is 2.34. The lowest BCUT2D eigenvalue weighted by atomic mass is 9.99. The zero-order valence-corrected chi connectivity index (χ0v) is 15.1. The van der Waals surface area contributed by atoms with Crippen LogP contribution in [-0.4, -0.2) is 23.8 Å². The number of rotatable bonds is 2. The number of ether oxygens (including phenoxy) is 1. The number of aromatic nitrogens is 1. The number of hydrogen-bond acceptors (Lipinski definition) is 3. The molecule has 1 aliphatic rings. The molecule has 0 spiro atoms. The average Bonchev–Trinajstić information content (AvgIpc) is 2.64. The summed E-state index contributed by atoms with van der Waals surface area (Å²) in [7, 11) is 0. The first-order valence-corrected chi connectivity index (χ1v) is 8.89. The van der Waals surface area contributed by atoms with E-state index in [1.165, 1.54) is 18.2 Å². The molecule has 0 saturated heterocycles. The summed E-state index contributed by atoms with van der Waals surface area (Å²) in [6.45, 7) is 2.33. The van der Waals surface area contributed by atoms with Crippen LogP contribution in [-0.2, 0) is 6.42 Å². The van der Waals surface area contributed by atoms with Gasteiger partial charge in [0, 0.05) is 23.3 Å². The molecule has 0 atom stereocenters. The fraction of sp³-hybridized carbons (Fsp3) is 0.238. The van der Waals surface area contributed by atoms with E-state index in [0.717, 1.165) is 16.6 Å². The highest BCUT2D eigenvalue weighted by molar-refractivity contribution is 6.14. The number of alkyl halides is 3. The molecule has 1 aliphatic heterocycles. The summed E-state index contributed by atoms with van der Waals surface area (Å²) in [5.41, 5.74) is 3.28. The number of pyridine rings is 1. The van der Waals surface area contributed by atoms with E-state index in [1.54, 1.807) is 11.0 Å². The third-order valence-corrected chi connectivity index (χ3v) is 4.72. The molecule has 1 amide bonds. The molecule has 4 rings (SSSR count). The summed E-state index contributed by atoms with van der Waals surface area (Å²) in [5, 5.41) is 0.752. The predicted octanol–water partition coefficient (Wildman–Crippen LogP) is 5.03. The van der Waals surface area contributed by atoms with Crippen molar-refractivity contribution in [1.29, 1.82) is 0 Å². The molecule has 2 aromatic carbocycles. The highest BCUT2D eigenvalue weighted by atomic mass is 19.4. The third kappa shape index (κ3) is 3.52. The number of amides is 1. The number of hydrogen-bond donors (Lipinski definition) is 0. The van der Waals surface area contributed by atoms with Gasteiger partial charge in [-0.25, -0.2) is 0 Å². The van der Waals surface area contributed by atoms with Crippen molar-refractivity contribution < 1.29 is 22.7 Å². The summed E-state index contributed by atoms with van der Waals surface area (Å²) in [4.78, 5) is 19.4. The monoisotopic (exact) mass is 386 g/mol. The fourth-order valence-corrected chi connectivity index (χ4v) is 3.61. The van der Waals surface area contributed by atoms with Crippen molar-refractivity contribution in [3.63, 3.8) is 0 Å². The minimum atomic E-state index is -4.74. The van der Waals surface area contributed by atoms with E-state index in [-0.39, 0.29) is 11.7 Å². The predicted molar refractivity (Wildman–Crippen MR) is 99.6 cm³/mol. The number of anilines is 1. The molecule has 0 radical (unpaired) electrons. The van der Waals surface area contributed by atoms with Gasteiger partial charge in [-0.1, -0.05) is 18.2 Å². The van der Waals surface area contributed by atoms with Gasteiger partial charge in [0.15, 0.2) is 0 Å². The number of carbonyl (C=O) groups excluding carboxylic acids is 1. The molecule has 3 aromatic rings. The van der Waals surface area contributed by atoms with Gasteiger partial charge >= 0.3 is 6.36 Å². The maximum absolute atomic E-state index is 13.3. The Hall–Kier alpha value is -3.09. The number of fused-ring (bicyclic) bond motifs is 2. The summed E-state index contributed by atoms with van der Waals surface area (Å²) in [5.74, 6) is -0.460. The minimum Gasteiger partial charge on any atom is -0.406 e. The highest BCUT2D eigenvalue weighted by Gasteiger charge is 2.32. The van der Waals surface area contributed by atoms with Crippen LogP contribution in [0.25, 0.3) is 10.9 Å². The fourth-order valence-electron chi connectivity index (χ4n) is 3.61. The molecule has 0 bridgehead atoms. The van der Waals surface area contributed by atoms with E-state index in [2.05, 4.69) is 9.72 Å². The van der Waals surface area contributed by atoms with Crippen LogP contribution in [0, 0.1) is 6.92 Å². The smallest absolute Gasteiger partial charge is 0.406 e. The Morgan fingerprint density at radius 1 is 1.14 bits per heavy atom. The van der Waals surface area contributed by atoms with Gasteiger partial charge in [-0.3, -0.25) is 9.78 Å². The van der Waals surface area contributed by atoms with E-state index in [9.17, 15) is 18.0 Å².